The summed E-state index contributed by atoms with van der Waals surface area (Å²) in [5.41, 5.74) is 0. The van der Waals surface area contributed by atoms with E-state index in [4.69, 9.17) is 9.84 Å². The third-order valence-corrected chi connectivity index (χ3v) is 1.61. The lowest BCUT2D eigenvalue weighted by Gasteiger charge is -2.07. The first-order valence-electron chi connectivity index (χ1n) is 3.16. The minimum atomic E-state index is -1.75. The fourth-order valence-corrected chi connectivity index (χ4v) is 0.985. The predicted molar refractivity (Wildman–Crippen MR) is 31.5 cm³/mol. The highest BCUT2D eigenvalue weighted by molar-refractivity contribution is 5.72. The van der Waals surface area contributed by atoms with Crippen molar-refractivity contribution < 1.29 is 19.0 Å². The molecule has 0 aliphatic carbocycles. The normalized spacial score (nSPS) is 28.3. The highest BCUT2D eigenvalue weighted by atomic mass is 19.1. The number of halogens is 1. The van der Waals surface area contributed by atoms with E-state index >= 15 is 0 Å². The summed E-state index contributed by atoms with van der Waals surface area (Å²) in [5.74, 6) is -1.81. The molecule has 0 amide bonds. The Balaban J connectivity index is 2.39. The Bertz CT molecular complexity index is 131. The van der Waals surface area contributed by atoms with Gasteiger partial charge in [0.25, 0.3) is 0 Å². The summed E-state index contributed by atoms with van der Waals surface area (Å²) in [6, 6.07) is 0. The topological polar surface area (TPSA) is 46.5 Å². The molecule has 0 aromatic rings. The van der Waals surface area contributed by atoms with Crippen LogP contribution in [-0.2, 0) is 9.53 Å². The van der Waals surface area contributed by atoms with Gasteiger partial charge in [0.2, 0.25) is 6.17 Å². The average Bonchev–Trinajstić information content (AvgIpc) is 2.36. The van der Waals surface area contributed by atoms with Crippen LogP contribution in [0.2, 0.25) is 0 Å². The fourth-order valence-electron chi connectivity index (χ4n) is 0.985. The SMILES string of the molecule is O=C(O)C(F)C1CCOC1. The smallest absolute Gasteiger partial charge is 0.338 e. The van der Waals surface area contributed by atoms with E-state index in [0.717, 1.165) is 0 Å². The molecule has 2 unspecified atom stereocenters. The van der Waals surface area contributed by atoms with Crippen LogP contribution < -0.4 is 0 Å². The molecule has 10 heavy (non-hydrogen) atoms. The highest BCUT2D eigenvalue weighted by Gasteiger charge is 2.30. The van der Waals surface area contributed by atoms with Gasteiger partial charge in [-0.05, 0) is 6.42 Å². The van der Waals surface area contributed by atoms with Gasteiger partial charge in [-0.3, -0.25) is 0 Å². The predicted octanol–water partition coefficient (Wildman–Crippen LogP) is 0.446. The number of carbonyl (C=O) groups is 1. The summed E-state index contributed by atoms with van der Waals surface area (Å²) in [6.45, 7) is 0.728. The van der Waals surface area contributed by atoms with Gasteiger partial charge in [-0.2, -0.15) is 0 Å². The summed E-state index contributed by atoms with van der Waals surface area (Å²) in [6.07, 6.45) is -1.23. The number of hydrogen-bond donors (Lipinski definition) is 1. The lowest BCUT2D eigenvalue weighted by molar-refractivity contribution is -0.144. The maximum atomic E-state index is 12.6. The van der Waals surface area contributed by atoms with Crippen LogP contribution in [0.3, 0.4) is 0 Å². The molecular weight excluding hydrogens is 139 g/mol. The van der Waals surface area contributed by atoms with Gasteiger partial charge in [-0.1, -0.05) is 0 Å². The summed E-state index contributed by atoms with van der Waals surface area (Å²) < 4.78 is 17.4. The zero-order valence-electron chi connectivity index (χ0n) is 5.42. The second-order valence-electron chi connectivity index (χ2n) is 2.36. The van der Waals surface area contributed by atoms with Crippen LogP contribution in [-0.4, -0.2) is 30.5 Å². The summed E-state index contributed by atoms with van der Waals surface area (Å²) in [4.78, 5) is 10.1. The van der Waals surface area contributed by atoms with Crippen molar-refractivity contribution >= 4 is 5.97 Å². The van der Waals surface area contributed by atoms with Crippen molar-refractivity contribution in [3.63, 3.8) is 0 Å². The summed E-state index contributed by atoms with van der Waals surface area (Å²) in [5, 5.41) is 8.21. The van der Waals surface area contributed by atoms with Crippen LogP contribution in [0, 0.1) is 5.92 Å². The van der Waals surface area contributed by atoms with Crippen LogP contribution in [0.15, 0.2) is 0 Å². The van der Waals surface area contributed by atoms with E-state index in [2.05, 4.69) is 0 Å². The largest absolute Gasteiger partial charge is 0.479 e. The number of aliphatic carboxylic acids is 1. The lowest BCUT2D eigenvalue weighted by Crippen LogP contribution is -2.25. The van der Waals surface area contributed by atoms with Gasteiger partial charge < -0.3 is 9.84 Å². The zero-order chi connectivity index (χ0) is 7.56. The molecule has 0 bridgehead atoms. The van der Waals surface area contributed by atoms with Gasteiger partial charge in [0.05, 0.1) is 6.61 Å². The maximum Gasteiger partial charge on any atom is 0.338 e. The molecule has 1 fully saturated rings. The van der Waals surface area contributed by atoms with E-state index in [1.807, 2.05) is 0 Å². The second-order valence-corrected chi connectivity index (χ2v) is 2.36. The third-order valence-electron chi connectivity index (χ3n) is 1.61. The lowest BCUT2D eigenvalue weighted by atomic mass is 10.0. The van der Waals surface area contributed by atoms with Crippen LogP contribution in [0.4, 0.5) is 4.39 Å². The molecule has 1 aliphatic heterocycles. The van der Waals surface area contributed by atoms with Crippen molar-refractivity contribution in [3.8, 4) is 0 Å². The third kappa shape index (κ3) is 1.44. The average molecular weight is 148 g/mol. The van der Waals surface area contributed by atoms with E-state index in [1.54, 1.807) is 0 Å². The van der Waals surface area contributed by atoms with E-state index < -0.39 is 18.1 Å². The molecule has 58 valence electrons. The van der Waals surface area contributed by atoms with Gasteiger partial charge in [0.1, 0.15) is 0 Å². The molecule has 1 rings (SSSR count). The van der Waals surface area contributed by atoms with E-state index in [-0.39, 0.29) is 6.61 Å². The second kappa shape index (κ2) is 2.96. The molecule has 0 saturated carbocycles. The number of carboxylic acid groups (broad SMARTS) is 1. The molecule has 0 aromatic heterocycles. The van der Waals surface area contributed by atoms with E-state index in [9.17, 15) is 9.18 Å². The van der Waals surface area contributed by atoms with Gasteiger partial charge in [0.15, 0.2) is 0 Å². The van der Waals surface area contributed by atoms with Gasteiger partial charge in [-0.15, -0.1) is 0 Å². The van der Waals surface area contributed by atoms with Crippen LogP contribution in [0.1, 0.15) is 6.42 Å². The van der Waals surface area contributed by atoms with Crippen molar-refractivity contribution in [1.29, 1.82) is 0 Å². The molecule has 0 spiro atoms. The Labute approximate surface area is 57.8 Å². The molecule has 1 heterocycles. The first-order chi connectivity index (χ1) is 4.72. The summed E-state index contributed by atoms with van der Waals surface area (Å²) in [7, 11) is 0. The molecular formula is C6H9FO3. The van der Waals surface area contributed by atoms with Crippen LogP contribution in [0.5, 0.6) is 0 Å². The van der Waals surface area contributed by atoms with Gasteiger partial charge in [-0.25, -0.2) is 9.18 Å². The van der Waals surface area contributed by atoms with Crippen molar-refractivity contribution in [2.75, 3.05) is 13.2 Å². The van der Waals surface area contributed by atoms with Gasteiger partial charge >= 0.3 is 5.97 Å². The Hall–Kier alpha value is -0.640. The monoisotopic (exact) mass is 148 g/mol. The Morgan fingerprint density at radius 3 is 2.90 bits per heavy atom. The van der Waals surface area contributed by atoms with Crippen molar-refractivity contribution in [2.45, 2.75) is 12.6 Å². The molecule has 1 saturated heterocycles. The number of ether oxygens (including phenoxy) is 1. The van der Waals surface area contributed by atoms with Crippen molar-refractivity contribution in [3.05, 3.63) is 0 Å². The first kappa shape index (κ1) is 7.47. The molecule has 3 nitrogen and oxygen atoms in total. The fraction of sp³-hybridized carbons (Fsp3) is 0.833. The van der Waals surface area contributed by atoms with Crippen LogP contribution in [0.25, 0.3) is 0 Å². The van der Waals surface area contributed by atoms with Crippen molar-refractivity contribution in [2.24, 2.45) is 5.92 Å². The summed E-state index contributed by atoms with van der Waals surface area (Å²) >= 11 is 0. The van der Waals surface area contributed by atoms with Crippen LogP contribution >= 0.6 is 0 Å². The van der Waals surface area contributed by atoms with Gasteiger partial charge in [0, 0.05) is 12.5 Å². The zero-order valence-corrected chi connectivity index (χ0v) is 5.42. The maximum absolute atomic E-state index is 12.6. The Morgan fingerprint density at radius 1 is 1.80 bits per heavy atom. The standard InChI is InChI=1S/C6H9FO3/c7-5(6(8)9)4-1-2-10-3-4/h4-5H,1-3H2,(H,8,9). The molecule has 0 aromatic carbocycles. The Morgan fingerprint density at radius 2 is 2.50 bits per heavy atom. The molecule has 2 atom stereocenters. The molecule has 1 aliphatic rings. The highest BCUT2D eigenvalue weighted by Crippen LogP contribution is 2.18. The van der Waals surface area contributed by atoms with Crippen molar-refractivity contribution in [1.82, 2.24) is 0 Å². The minimum Gasteiger partial charge on any atom is -0.479 e. The van der Waals surface area contributed by atoms with E-state index in [0.29, 0.717) is 13.0 Å². The quantitative estimate of drug-likeness (QED) is 0.618. The number of carboxylic acids is 1. The first-order valence-corrected chi connectivity index (χ1v) is 3.16. The Kier molecular flexibility index (Phi) is 2.21. The minimum absolute atomic E-state index is 0.244. The number of hydrogen-bond acceptors (Lipinski definition) is 2. The number of rotatable bonds is 2. The molecule has 4 heteroatoms. The number of alkyl halides is 1. The molecule has 0 radical (unpaired) electrons. The van der Waals surface area contributed by atoms with E-state index in [1.165, 1.54) is 0 Å². The molecule has 1 N–H and O–H groups in total.